The largest absolute Gasteiger partial charge is 0.248 e. The molecule has 1 saturated carbocycles. The SMILES string of the molecule is [B]C1(F)C(F)C1(F)c1ccccc1. The summed E-state index contributed by atoms with van der Waals surface area (Å²) in [5.74, 6) is 0. The van der Waals surface area contributed by atoms with Crippen LogP contribution in [0.1, 0.15) is 5.56 Å². The third-order valence-corrected chi connectivity index (χ3v) is 2.39. The molecule has 1 fully saturated rings. The highest BCUT2D eigenvalue weighted by atomic mass is 19.2. The Bertz CT molecular complexity index is 325. The van der Waals surface area contributed by atoms with Gasteiger partial charge in [0.25, 0.3) is 0 Å². The molecule has 13 heavy (non-hydrogen) atoms. The Hall–Kier alpha value is -0.925. The van der Waals surface area contributed by atoms with Crippen molar-refractivity contribution in [3.05, 3.63) is 35.9 Å². The Morgan fingerprint density at radius 3 is 2.00 bits per heavy atom. The molecule has 1 aliphatic rings. The summed E-state index contributed by atoms with van der Waals surface area (Å²) in [7, 11) is 4.80. The molecule has 1 aromatic carbocycles. The standard InChI is InChI=1S/C9H6BF3/c10-9(13)7(11)8(9,12)6-4-2-1-3-5-6/h1-5,7H. The van der Waals surface area contributed by atoms with E-state index in [1.54, 1.807) is 6.07 Å². The van der Waals surface area contributed by atoms with Gasteiger partial charge in [0.2, 0.25) is 0 Å². The van der Waals surface area contributed by atoms with Gasteiger partial charge in [0.15, 0.2) is 11.8 Å². The molecule has 0 saturated heterocycles. The van der Waals surface area contributed by atoms with Crippen LogP contribution in [0.15, 0.2) is 30.3 Å². The second-order valence-corrected chi connectivity index (χ2v) is 3.21. The predicted molar refractivity (Wildman–Crippen MR) is 43.7 cm³/mol. The second kappa shape index (κ2) is 2.31. The second-order valence-electron chi connectivity index (χ2n) is 3.21. The van der Waals surface area contributed by atoms with E-state index in [9.17, 15) is 13.2 Å². The summed E-state index contributed by atoms with van der Waals surface area (Å²) < 4.78 is 39.2. The van der Waals surface area contributed by atoms with Crippen LogP contribution in [0.3, 0.4) is 0 Å². The zero-order valence-corrected chi connectivity index (χ0v) is 6.68. The van der Waals surface area contributed by atoms with Gasteiger partial charge in [0.1, 0.15) is 13.4 Å². The summed E-state index contributed by atoms with van der Waals surface area (Å²) in [6.45, 7) is 0. The average molecular weight is 182 g/mol. The first kappa shape index (κ1) is 8.66. The third kappa shape index (κ3) is 0.887. The summed E-state index contributed by atoms with van der Waals surface area (Å²) in [5, 5.41) is 0. The normalized spacial score (nSPS) is 43.2. The van der Waals surface area contributed by atoms with E-state index in [-0.39, 0.29) is 5.56 Å². The minimum absolute atomic E-state index is 0.0486. The molecule has 1 aliphatic carbocycles. The number of rotatable bonds is 1. The molecule has 0 aromatic heterocycles. The highest BCUT2D eigenvalue weighted by Crippen LogP contribution is 2.61. The predicted octanol–water partition coefficient (Wildman–Crippen LogP) is 2.04. The summed E-state index contributed by atoms with van der Waals surface area (Å²) in [6, 6.07) is 7.30. The molecule has 3 atom stereocenters. The quantitative estimate of drug-likeness (QED) is 0.583. The Labute approximate surface area is 75.2 Å². The zero-order chi connectivity index (χ0) is 9.69. The smallest absolute Gasteiger partial charge is 0.197 e. The average Bonchev–Trinajstić information content (AvgIpc) is 2.53. The van der Waals surface area contributed by atoms with Crippen LogP contribution in [-0.2, 0) is 5.67 Å². The van der Waals surface area contributed by atoms with Crippen LogP contribution in [-0.4, -0.2) is 19.6 Å². The number of halogens is 3. The Balaban J connectivity index is 2.40. The number of alkyl halides is 3. The zero-order valence-electron chi connectivity index (χ0n) is 6.68. The molecule has 66 valence electrons. The molecule has 3 unspecified atom stereocenters. The van der Waals surface area contributed by atoms with Crippen LogP contribution >= 0.6 is 0 Å². The molecule has 2 rings (SSSR count). The Kier molecular flexibility index (Phi) is 1.54. The lowest BCUT2D eigenvalue weighted by Gasteiger charge is -2.06. The van der Waals surface area contributed by atoms with Gasteiger partial charge in [-0.2, -0.15) is 0 Å². The van der Waals surface area contributed by atoms with Crippen LogP contribution in [0, 0.1) is 0 Å². The summed E-state index contributed by atoms with van der Waals surface area (Å²) in [5.41, 5.74) is -5.57. The van der Waals surface area contributed by atoms with Crippen molar-refractivity contribution in [1.29, 1.82) is 0 Å². The molecule has 0 bridgehead atoms. The first-order chi connectivity index (χ1) is 6.01. The molecule has 0 amide bonds. The van der Waals surface area contributed by atoms with Crippen LogP contribution in [0.2, 0.25) is 0 Å². The monoisotopic (exact) mass is 182 g/mol. The first-order valence-corrected chi connectivity index (χ1v) is 3.87. The van der Waals surface area contributed by atoms with E-state index < -0.39 is 17.4 Å². The Morgan fingerprint density at radius 1 is 1.15 bits per heavy atom. The lowest BCUT2D eigenvalue weighted by molar-refractivity contribution is 0.219. The molecule has 0 aliphatic heterocycles. The van der Waals surface area contributed by atoms with Gasteiger partial charge in [0, 0.05) is 0 Å². The minimum Gasteiger partial charge on any atom is -0.248 e. The van der Waals surface area contributed by atoms with E-state index >= 15 is 0 Å². The molecule has 1 aromatic rings. The van der Waals surface area contributed by atoms with Gasteiger partial charge in [-0.3, -0.25) is 0 Å². The summed E-state index contributed by atoms with van der Waals surface area (Å²) in [6.07, 6.45) is -2.26. The van der Waals surface area contributed by atoms with Crippen molar-refractivity contribution in [3.63, 3.8) is 0 Å². The lowest BCUT2D eigenvalue weighted by atomic mass is 9.92. The van der Waals surface area contributed by atoms with Crippen LogP contribution in [0.25, 0.3) is 0 Å². The van der Waals surface area contributed by atoms with Gasteiger partial charge in [-0.15, -0.1) is 0 Å². The number of hydrogen-bond acceptors (Lipinski definition) is 0. The van der Waals surface area contributed by atoms with Crippen molar-refractivity contribution in [3.8, 4) is 0 Å². The van der Waals surface area contributed by atoms with Crippen molar-refractivity contribution in [2.24, 2.45) is 0 Å². The van der Waals surface area contributed by atoms with E-state index in [0.717, 1.165) is 0 Å². The van der Waals surface area contributed by atoms with Gasteiger partial charge in [-0.25, -0.2) is 13.2 Å². The number of benzene rings is 1. The van der Waals surface area contributed by atoms with Crippen molar-refractivity contribution in [2.45, 2.75) is 17.4 Å². The molecule has 2 radical (unpaired) electrons. The van der Waals surface area contributed by atoms with Gasteiger partial charge < -0.3 is 0 Å². The van der Waals surface area contributed by atoms with Crippen molar-refractivity contribution < 1.29 is 13.2 Å². The van der Waals surface area contributed by atoms with Gasteiger partial charge in [-0.1, -0.05) is 30.3 Å². The lowest BCUT2D eigenvalue weighted by Crippen LogP contribution is -2.14. The van der Waals surface area contributed by atoms with Crippen molar-refractivity contribution in [2.75, 3.05) is 0 Å². The van der Waals surface area contributed by atoms with Crippen LogP contribution in [0.5, 0.6) is 0 Å². The van der Waals surface area contributed by atoms with Gasteiger partial charge in [0.05, 0.1) is 0 Å². The molecule has 4 heteroatoms. The summed E-state index contributed by atoms with van der Waals surface area (Å²) in [4.78, 5) is 0. The van der Waals surface area contributed by atoms with Crippen LogP contribution < -0.4 is 0 Å². The molecular formula is C9H6BF3. The van der Waals surface area contributed by atoms with E-state index in [2.05, 4.69) is 0 Å². The van der Waals surface area contributed by atoms with Crippen molar-refractivity contribution >= 4 is 7.85 Å². The highest BCUT2D eigenvalue weighted by Gasteiger charge is 2.79. The first-order valence-electron chi connectivity index (χ1n) is 3.87. The fourth-order valence-corrected chi connectivity index (χ4v) is 1.43. The minimum atomic E-state index is -2.87. The third-order valence-electron chi connectivity index (χ3n) is 2.39. The maximum Gasteiger partial charge on any atom is 0.197 e. The number of hydrogen-bond donors (Lipinski definition) is 0. The van der Waals surface area contributed by atoms with E-state index in [0.29, 0.717) is 0 Å². The fourth-order valence-electron chi connectivity index (χ4n) is 1.43. The van der Waals surface area contributed by atoms with Crippen molar-refractivity contribution in [1.82, 2.24) is 0 Å². The molecule has 0 N–H and O–H groups in total. The van der Waals surface area contributed by atoms with E-state index in [1.165, 1.54) is 24.3 Å². The van der Waals surface area contributed by atoms with E-state index in [4.69, 9.17) is 7.85 Å². The summed E-state index contributed by atoms with van der Waals surface area (Å²) >= 11 is 0. The van der Waals surface area contributed by atoms with E-state index in [1.807, 2.05) is 0 Å². The fraction of sp³-hybridized carbons (Fsp3) is 0.333. The Morgan fingerprint density at radius 2 is 1.62 bits per heavy atom. The molecule has 0 heterocycles. The maximum absolute atomic E-state index is 13.5. The maximum atomic E-state index is 13.5. The molecule has 0 nitrogen and oxygen atoms in total. The highest BCUT2D eigenvalue weighted by molar-refractivity contribution is 6.19. The molecular weight excluding hydrogens is 176 g/mol. The van der Waals surface area contributed by atoms with Crippen LogP contribution in [0.4, 0.5) is 13.2 Å². The molecule has 0 spiro atoms. The van der Waals surface area contributed by atoms with Gasteiger partial charge in [-0.05, 0) is 5.56 Å². The van der Waals surface area contributed by atoms with Gasteiger partial charge >= 0.3 is 0 Å². The topological polar surface area (TPSA) is 0 Å².